The number of rotatable bonds is 3. The lowest BCUT2D eigenvalue weighted by atomic mass is 9.94. The van der Waals surface area contributed by atoms with Crippen LogP contribution in [0.15, 0.2) is 24.3 Å². The predicted molar refractivity (Wildman–Crippen MR) is 111 cm³/mol. The highest BCUT2D eigenvalue weighted by molar-refractivity contribution is 6.04. The molecule has 4 nitrogen and oxygen atoms in total. The Balaban J connectivity index is 1.58. The van der Waals surface area contributed by atoms with Crippen molar-refractivity contribution in [1.29, 1.82) is 0 Å². The van der Waals surface area contributed by atoms with Crippen LogP contribution in [0.25, 0.3) is 0 Å². The van der Waals surface area contributed by atoms with Gasteiger partial charge in [-0.05, 0) is 37.3 Å². The molecule has 1 aromatic rings. The number of hydrogen-bond acceptors (Lipinski definition) is 2. The van der Waals surface area contributed by atoms with Gasteiger partial charge in [0.05, 0.1) is 0 Å². The van der Waals surface area contributed by atoms with E-state index in [2.05, 4.69) is 5.32 Å². The lowest BCUT2D eigenvalue weighted by Crippen LogP contribution is -2.47. The highest BCUT2D eigenvalue weighted by atomic mass is 16.2. The lowest BCUT2D eigenvalue weighted by molar-refractivity contribution is -0.127. The number of amides is 2. The highest BCUT2D eigenvalue weighted by Gasteiger charge is 2.44. The Kier molecular flexibility index (Phi) is 6.33. The summed E-state index contributed by atoms with van der Waals surface area (Å²) in [7, 11) is 0. The molecule has 0 bridgehead atoms. The zero-order valence-electron chi connectivity index (χ0n) is 17.0. The second-order valence-corrected chi connectivity index (χ2v) is 8.90. The minimum absolute atomic E-state index is 0.0345. The van der Waals surface area contributed by atoms with Crippen molar-refractivity contribution in [1.82, 2.24) is 10.2 Å². The summed E-state index contributed by atoms with van der Waals surface area (Å²) >= 11 is 0. The van der Waals surface area contributed by atoms with Crippen LogP contribution in [0.1, 0.15) is 105 Å². The summed E-state index contributed by atoms with van der Waals surface area (Å²) in [6.07, 6.45) is 15.2. The summed E-state index contributed by atoms with van der Waals surface area (Å²) in [5, 5.41) is 3.33. The molecule has 2 amide bonds. The van der Waals surface area contributed by atoms with Gasteiger partial charge in [-0.3, -0.25) is 9.59 Å². The first-order valence-corrected chi connectivity index (χ1v) is 11.5. The largest absolute Gasteiger partial charge is 0.351 e. The molecule has 1 atom stereocenters. The fourth-order valence-electron chi connectivity index (χ4n) is 5.40. The minimum Gasteiger partial charge on any atom is -0.351 e. The van der Waals surface area contributed by atoms with Crippen LogP contribution in [0.4, 0.5) is 0 Å². The topological polar surface area (TPSA) is 49.4 Å². The van der Waals surface area contributed by atoms with E-state index in [1.54, 1.807) is 0 Å². The SMILES string of the molecule is O=C(NC1CCCCCC1)[C@@H]1c2ccccc2C(=O)N1C1CCCCCCC1. The number of carbonyl (C=O) groups is 2. The maximum atomic E-state index is 13.4. The standard InChI is InChI=1S/C24H34N2O2/c27-23(25-18-12-6-4-5-7-13-18)22-20-16-10-11-17-21(20)24(28)26(22)19-14-8-2-1-3-9-15-19/h10-11,16-19,22H,1-9,12-15H2,(H,25,27)/t22-/m0/s1. The fraction of sp³-hybridized carbons (Fsp3) is 0.667. The van der Waals surface area contributed by atoms with Gasteiger partial charge in [-0.2, -0.15) is 0 Å². The summed E-state index contributed by atoms with van der Waals surface area (Å²) in [4.78, 5) is 28.7. The molecule has 0 saturated heterocycles. The average Bonchev–Trinajstić information content (AvgIpc) is 2.82. The van der Waals surface area contributed by atoms with Gasteiger partial charge in [0.2, 0.25) is 5.91 Å². The summed E-state index contributed by atoms with van der Waals surface area (Å²) in [6.45, 7) is 0. The molecule has 28 heavy (non-hydrogen) atoms. The molecule has 4 rings (SSSR count). The zero-order valence-corrected chi connectivity index (χ0v) is 17.0. The Morgan fingerprint density at radius 1 is 0.821 bits per heavy atom. The van der Waals surface area contributed by atoms with Crippen LogP contribution >= 0.6 is 0 Å². The molecule has 2 saturated carbocycles. The van der Waals surface area contributed by atoms with Crippen molar-refractivity contribution >= 4 is 11.8 Å². The van der Waals surface area contributed by atoms with E-state index in [-0.39, 0.29) is 23.9 Å². The maximum Gasteiger partial charge on any atom is 0.255 e. The molecule has 0 unspecified atom stereocenters. The third kappa shape index (κ3) is 4.11. The molecule has 2 fully saturated rings. The van der Waals surface area contributed by atoms with Crippen molar-refractivity contribution in [2.24, 2.45) is 0 Å². The number of nitrogens with zero attached hydrogens (tertiary/aromatic N) is 1. The molecule has 1 heterocycles. The summed E-state index contributed by atoms with van der Waals surface area (Å²) in [5.41, 5.74) is 1.63. The van der Waals surface area contributed by atoms with Crippen molar-refractivity contribution < 1.29 is 9.59 Å². The van der Waals surface area contributed by atoms with E-state index in [4.69, 9.17) is 0 Å². The first-order valence-electron chi connectivity index (χ1n) is 11.5. The van der Waals surface area contributed by atoms with Crippen LogP contribution in [-0.2, 0) is 4.79 Å². The second kappa shape index (κ2) is 9.11. The van der Waals surface area contributed by atoms with E-state index in [9.17, 15) is 9.59 Å². The second-order valence-electron chi connectivity index (χ2n) is 8.90. The maximum absolute atomic E-state index is 13.4. The van der Waals surface area contributed by atoms with Gasteiger partial charge in [0.1, 0.15) is 6.04 Å². The Morgan fingerprint density at radius 2 is 1.39 bits per heavy atom. The molecule has 0 radical (unpaired) electrons. The van der Waals surface area contributed by atoms with Gasteiger partial charge >= 0.3 is 0 Å². The van der Waals surface area contributed by atoms with Crippen LogP contribution in [0.3, 0.4) is 0 Å². The van der Waals surface area contributed by atoms with E-state index >= 15 is 0 Å². The summed E-state index contributed by atoms with van der Waals surface area (Å²) in [6, 6.07) is 7.75. The zero-order chi connectivity index (χ0) is 19.3. The normalized spacial score (nSPS) is 24.9. The molecule has 1 aromatic carbocycles. The molecular formula is C24H34N2O2. The van der Waals surface area contributed by atoms with Gasteiger partial charge in [-0.15, -0.1) is 0 Å². The van der Waals surface area contributed by atoms with Crippen LogP contribution in [0, 0.1) is 0 Å². The molecule has 4 heteroatoms. The summed E-state index contributed by atoms with van der Waals surface area (Å²) < 4.78 is 0. The van der Waals surface area contributed by atoms with Crippen LogP contribution in [0.2, 0.25) is 0 Å². The van der Waals surface area contributed by atoms with Crippen LogP contribution in [-0.4, -0.2) is 28.8 Å². The van der Waals surface area contributed by atoms with E-state index in [1.807, 2.05) is 29.2 Å². The molecule has 2 aliphatic carbocycles. The molecule has 0 spiro atoms. The predicted octanol–water partition coefficient (Wildman–Crippen LogP) is 5.14. The molecule has 1 aliphatic heterocycles. The summed E-state index contributed by atoms with van der Waals surface area (Å²) in [5.74, 6) is 0.0921. The number of fused-ring (bicyclic) bond motifs is 1. The van der Waals surface area contributed by atoms with Crippen molar-refractivity contribution in [3.05, 3.63) is 35.4 Å². The third-order valence-electron chi connectivity index (χ3n) is 6.92. The molecule has 1 N–H and O–H groups in total. The van der Waals surface area contributed by atoms with Gasteiger partial charge in [-0.1, -0.05) is 76.0 Å². The first-order chi connectivity index (χ1) is 13.8. The van der Waals surface area contributed by atoms with Crippen LogP contribution < -0.4 is 5.32 Å². The Labute approximate surface area is 169 Å². The molecule has 0 aromatic heterocycles. The molecule has 152 valence electrons. The Hall–Kier alpha value is -1.84. The van der Waals surface area contributed by atoms with Gasteiger partial charge in [-0.25, -0.2) is 0 Å². The molecular weight excluding hydrogens is 348 g/mol. The Morgan fingerprint density at radius 3 is 2.07 bits per heavy atom. The minimum atomic E-state index is -0.448. The number of benzene rings is 1. The van der Waals surface area contributed by atoms with Crippen molar-refractivity contribution in [2.75, 3.05) is 0 Å². The first kappa shape index (κ1) is 19.5. The fourth-order valence-corrected chi connectivity index (χ4v) is 5.40. The highest BCUT2D eigenvalue weighted by Crippen LogP contribution is 2.38. The quantitative estimate of drug-likeness (QED) is 0.736. The van der Waals surface area contributed by atoms with E-state index in [1.165, 1.54) is 44.9 Å². The monoisotopic (exact) mass is 382 g/mol. The number of carbonyl (C=O) groups excluding carboxylic acids is 2. The van der Waals surface area contributed by atoms with Crippen LogP contribution in [0.5, 0.6) is 0 Å². The van der Waals surface area contributed by atoms with Gasteiger partial charge in [0.25, 0.3) is 5.91 Å². The smallest absolute Gasteiger partial charge is 0.255 e. The van der Waals surface area contributed by atoms with Crippen molar-refractivity contribution in [3.63, 3.8) is 0 Å². The number of nitrogens with one attached hydrogen (secondary N) is 1. The average molecular weight is 383 g/mol. The van der Waals surface area contributed by atoms with Gasteiger partial charge in [0, 0.05) is 17.6 Å². The van der Waals surface area contributed by atoms with E-state index in [0.717, 1.165) is 49.7 Å². The lowest BCUT2D eigenvalue weighted by Gasteiger charge is -2.34. The Bertz CT molecular complexity index is 686. The third-order valence-corrected chi connectivity index (χ3v) is 6.92. The van der Waals surface area contributed by atoms with Crippen molar-refractivity contribution in [3.8, 4) is 0 Å². The van der Waals surface area contributed by atoms with Gasteiger partial charge in [0.15, 0.2) is 0 Å². The van der Waals surface area contributed by atoms with E-state index in [0.29, 0.717) is 0 Å². The molecule has 3 aliphatic rings. The van der Waals surface area contributed by atoms with Crippen molar-refractivity contribution in [2.45, 2.75) is 102 Å². The van der Waals surface area contributed by atoms with E-state index < -0.39 is 6.04 Å². The number of hydrogen-bond donors (Lipinski definition) is 1. The van der Waals surface area contributed by atoms with Gasteiger partial charge < -0.3 is 10.2 Å².